The van der Waals surface area contributed by atoms with Gasteiger partial charge in [0.2, 0.25) is 0 Å². The van der Waals surface area contributed by atoms with Gasteiger partial charge in [-0.15, -0.1) is 0 Å². The Morgan fingerprint density at radius 3 is 2.89 bits per heavy atom. The van der Waals surface area contributed by atoms with Gasteiger partial charge in [0, 0.05) is 30.5 Å². The van der Waals surface area contributed by atoms with Gasteiger partial charge in [0.25, 0.3) is 0 Å². The lowest BCUT2D eigenvalue weighted by atomic mass is 10.1. The molecule has 0 radical (unpaired) electrons. The van der Waals surface area contributed by atoms with Crippen molar-refractivity contribution in [2.24, 2.45) is 0 Å². The Morgan fingerprint density at radius 1 is 1.28 bits per heavy atom. The van der Waals surface area contributed by atoms with E-state index in [2.05, 4.69) is 22.0 Å². The second-order valence-electron chi connectivity index (χ2n) is 4.65. The van der Waals surface area contributed by atoms with Crippen LogP contribution in [0.3, 0.4) is 0 Å². The Kier molecular flexibility index (Phi) is 3.13. The molecule has 94 valence electrons. The van der Waals surface area contributed by atoms with E-state index in [9.17, 15) is 4.79 Å². The van der Waals surface area contributed by atoms with Gasteiger partial charge in [-0.3, -0.25) is 9.69 Å². The number of carbonyl (C=O) groups is 1. The summed E-state index contributed by atoms with van der Waals surface area (Å²) in [6.45, 7) is 4.57. The number of aromatic nitrogens is 1. The fraction of sp³-hybridized carbons (Fsp3) is 0.357. The number of fused-ring (bicyclic) bond motifs is 1. The summed E-state index contributed by atoms with van der Waals surface area (Å²) < 4.78 is 5.34. The van der Waals surface area contributed by atoms with E-state index in [1.54, 1.807) is 0 Å². The molecule has 4 nitrogen and oxygen atoms in total. The summed E-state index contributed by atoms with van der Waals surface area (Å²) in [6, 6.07) is 8.19. The lowest BCUT2D eigenvalue weighted by Gasteiger charge is -2.26. The van der Waals surface area contributed by atoms with Crippen LogP contribution in [-0.4, -0.2) is 42.5 Å². The molecular weight excluding hydrogens is 228 g/mol. The first-order chi connectivity index (χ1) is 8.85. The number of hydrogen-bond donors (Lipinski definition) is 1. The third kappa shape index (κ3) is 2.30. The van der Waals surface area contributed by atoms with Crippen LogP contribution in [0.25, 0.3) is 10.9 Å². The Labute approximate surface area is 106 Å². The molecule has 1 saturated heterocycles. The molecule has 0 saturated carbocycles. The number of carbonyl (C=O) groups excluding carboxylic acids is 1. The molecule has 1 aliphatic rings. The number of nitrogens with zero attached hydrogens (tertiary/aromatic N) is 1. The van der Waals surface area contributed by atoms with Gasteiger partial charge in [-0.25, -0.2) is 0 Å². The number of hydrogen-bond acceptors (Lipinski definition) is 3. The van der Waals surface area contributed by atoms with Crippen molar-refractivity contribution < 1.29 is 9.53 Å². The average molecular weight is 244 g/mol. The van der Waals surface area contributed by atoms with Crippen molar-refractivity contribution in [3.8, 4) is 0 Å². The fourth-order valence-electron chi connectivity index (χ4n) is 2.38. The van der Waals surface area contributed by atoms with Crippen LogP contribution in [0.15, 0.2) is 24.3 Å². The smallest absolute Gasteiger partial charge is 0.166 e. The fourth-order valence-corrected chi connectivity index (χ4v) is 2.38. The number of H-pyrrole nitrogens is 1. The topological polar surface area (TPSA) is 45.3 Å². The normalized spacial score (nSPS) is 17.1. The van der Waals surface area contributed by atoms with Crippen LogP contribution in [0.1, 0.15) is 16.1 Å². The molecule has 1 aromatic heterocycles. The Hall–Kier alpha value is -1.65. The van der Waals surface area contributed by atoms with E-state index >= 15 is 0 Å². The van der Waals surface area contributed by atoms with E-state index in [1.807, 2.05) is 12.1 Å². The number of benzene rings is 1. The van der Waals surface area contributed by atoms with Crippen LogP contribution in [-0.2, 0) is 11.3 Å². The molecule has 18 heavy (non-hydrogen) atoms. The molecule has 0 aliphatic carbocycles. The summed E-state index contributed by atoms with van der Waals surface area (Å²) in [5.41, 5.74) is 2.93. The van der Waals surface area contributed by atoms with Gasteiger partial charge in [0.15, 0.2) is 6.29 Å². The highest BCUT2D eigenvalue weighted by Gasteiger charge is 2.11. The van der Waals surface area contributed by atoms with Crippen molar-refractivity contribution in [2.45, 2.75) is 6.54 Å². The van der Waals surface area contributed by atoms with Gasteiger partial charge in [0.1, 0.15) is 0 Å². The Morgan fingerprint density at radius 2 is 2.11 bits per heavy atom. The van der Waals surface area contributed by atoms with Gasteiger partial charge >= 0.3 is 0 Å². The zero-order chi connectivity index (χ0) is 12.4. The van der Waals surface area contributed by atoms with Crippen molar-refractivity contribution in [3.63, 3.8) is 0 Å². The molecule has 0 amide bonds. The molecule has 0 bridgehead atoms. The highest BCUT2D eigenvalue weighted by molar-refractivity contribution is 5.88. The van der Waals surface area contributed by atoms with E-state index in [-0.39, 0.29) is 0 Å². The summed E-state index contributed by atoms with van der Waals surface area (Å²) >= 11 is 0. The molecule has 1 aliphatic heterocycles. The van der Waals surface area contributed by atoms with Crippen molar-refractivity contribution >= 4 is 17.2 Å². The molecule has 1 fully saturated rings. The highest BCUT2D eigenvalue weighted by Crippen LogP contribution is 2.18. The first-order valence-corrected chi connectivity index (χ1v) is 6.22. The van der Waals surface area contributed by atoms with Gasteiger partial charge in [-0.2, -0.15) is 0 Å². The standard InChI is InChI=1S/C14H16N2O2/c17-10-13-8-12-7-11(1-2-14(12)15-13)9-16-3-5-18-6-4-16/h1-2,7-8,10,15H,3-6,9H2. The van der Waals surface area contributed by atoms with Crippen LogP contribution in [0.5, 0.6) is 0 Å². The molecule has 3 rings (SSSR count). The van der Waals surface area contributed by atoms with E-state index in [0.29, 0.717) is 5.69 Å². The monoisotopic (exact) mass is 244 g/mol. The van der Waals surface area contributed by atoms with E-state index < -0.39 is 0 Å². The van der Waals surface area contributed by atoms with Crippen molar-refractivity contribution in [2.75, 3.05) is 26.3 Å². The SMILES string of the molecule is O=Cc1cc2cc(CN3CCOCC3)ccc2[nH]1. The van der Waals surface area contributed by atoms with Gasteiger partial charge in [-0.1, -0.05) is 6.07 Å². The Balaban J connectivity index is 1.81. The quantitative estimate of drug-likeness (QED) is 0.838. The molecule has 0 atom stereocenters. The number of nitrogens with one attached hydrogen (secondary N) is 1. The minimum atomic E-state index is 0.633. The maximum Gasteiger partial charge on any atom is 0.166 e. The predicted octanol–water partition coefficient (Wildman–Crippen LogP) is 1.81. The second kappa shape index (κ2) is 4.92. The van der Waals surface area contributed by atoms with E-state index in [0.717, 1.165) is 50.0 Å². The molecule has 0 spiro atoms. The maximum atomic E-state index is 10.7. The summed E-state index contributed by atoms with van der Waals surface area (Å²) in [4.78, 5) is 16.2. The van der Waals surface area contributed by atoms with Gasteiger partial charge < -0.3 is 9.72 Å². The van der Waals surface area contributed by atoms with Crippen molar-refractivity contribution in [1.82, 2.24) is 9.88 Å². The second-order valence-corrected chi connectivity index (χ2v) is 4.65. The predicted molar refractivity (Wildman–Crippen MR) is 69.8 cm³/mol. The van der Waals surface area contributed by atoms with Crippen LogP contribution in [0.2, 0.25) is 0 Å². The van der Waals surface area contributed by atoms with E-state index in [4.69, 9.17) is 4.74 Å². The molecule has 0 unspecified atom stereocenters. The zero-order valence-corrected chi connectivity index (χ0v) is 10.2. The highest BCUT2D eigenvalue weighted by atomic mass is 16.5. The molecule has 4 heteroatoms. The van der Waals surface area contributed by atoms with E-state index in [1.165, 1.54) is 5.56 Å². The summed E-state index contributed by atoms with van der Waals surface area (Å²) in [5, 5.41) is 1.10. The number of morpholine rings is 1. The zero-order valence-electron chi connectivity index (χ0n) is 10.2. The van der Waals surface area contributed by atoms with Gasteiger partial charge in [0.05, 0.1) is 18.9 Å². The van der Waals surface area contributed by atoms with Crippen LogP contribution >= 0.6 is 0 Å². The van der Waals surface area contributed by atoms with Gasteiger partial charge in [-0.05, 0) is 23.8 Å². The summed E-state index contributed by atoms with van der Waals surface area (Å²) in [7, 11) is 0. The largest absolute Gasteiger partial charge is 0.379 e. The number of aromatic amines is 1. The summed E-state index contributed by atoms with van der Waals surface area (Å²) in [5.74, 6) is 0. The van der Waals surface area contributed by atoms with Crippen LogP contribution in [0.4, 0.5) is 0 Å². The molecule has 2 aromatic rings. The maximum absolute atomic E-state index is 10.7. The first kappa shape index (κ1) is 11.4. The average Bonchev–Trinajstić information content (AvgIpc) is 2.82. The third-order valence-electron chi connectivity index (χ3n) is 3.34. The number of aldehydes is 1. The Bertz CT molecular complexity index is 556. The first-order valence-electron chi connectivity index (χ1n) is 6.22. The molecule has 1 aromatic carbocycles. The minimum absolute atomic E-state index is 0.633. The molecular formula is C14H16N2O2. The lowest BCUT2D eigenvalue weighted by Crippen LogP contribution is -2.35. The third-order valence-corrected chi connectivity index (χ3v) is 3.34. The lowest BCUT2D eigenvalue weighted by molar-refractivity contribution is 0.0342. The molecule has 1 N–H and O–H groups in total. The van der Waals surface area contributed by atoms with Crippen LogP contribution < -0.4 is 0 Å². The number of rotatable bonds is 3. The molecule has 2 heterocycles. The van der Waals surface area contributed by atoms with Crippen molar-refractivity contribution in [1.29, 1.82) is 0 Å². The number of ether oxygens (including phenoxy) is 1. The summed E-state index contributed by atoms with van der Waals surface area (Å²) in [6.07, 6.45) is 0.849. The minimum Gasteiger partial charge on any atom is -0.379 e. The van der Waals surface area contributed by atoms with Crippen molar-refractivity contribution in [3.05, 3.63) is 35.5 Å². The van der Waals surface area contributed by atoms with Crippen LogP contribution in [0, 0.1) is 0 Å².